The summed E-state index contributed by atoms with van der Waals surface area (Å²) in [5.41, 5.74) is 1.69. The van der Waals surface area contributed by atoms with E-state index >= 15 is 0 Å². The van der Waals surface area contributed by atoms with E-state index in [1.54, 1.807) is 19.2 Å². The first-order valence-electron chi connectivity index (χ1n) is 8.30. The van der Waals surface area contributed by atoms with E-state index in [0.29, 0.717) is 31.8 Å². The van der Waals surface area contributed by atoms with Gasteiger partial charge in [-0.1, -0.05) is 12.1 Å². The van der Waals surface area contributed by atoms with E-state index in [4.69, 9.17) is 4.74 Å². The summed E-state index contributed by atoms with van der Waals surface area (Å²) in [6.07, 6.45) is 1.04. The third kappa shape index (κ3) is 8.08. The van der Waals surface area contributed by atoms with Gasteiger partial charge in [-0.3, -0.25) is 14.5 Å². The van der Waals surface area contributed by atoms with Crippen molar-refractivity contribution in [3.05, 3.63) is 35.4 Å². The molecule has 0 bridgehead atoms. The number of rotatable bonds is 10. The van der Waals surface area contributed by atoms with Gasteiger partial charge < -0.3 is 15.4 Å². The Bertz CT molecular complexity index is 515. The number of hydrogen-bond donors (Lipinski definition) is 2. The molecule has 0 unspecified atom stereocenters. The lowest BCUT2D eigenvalue weighted by molar-refractivity contribution is -0.122. The van der Waals surface area contributed by atoms with Crippen LogP contribution in [0.3, 0.4) is 0 Å². The zero-order valence-corrected chi connectivity index (χ0v) is 15.1. The highest BCUT2D eigenvalue weighted by molar-refractivity contribution is 5.93. The molecule has 0 spiro atoms. The van der Waals surface area contributed by atoms with Crippen molar-refractivity contribution >= 4 is 11.8 Å². The maximum atomic E-state index is 11.9. The highest BCUT2D eigenvalue weighted by Gasteiger charge is 2.08. The average Bonchev–Trinajstić information content (AvgIpc) is 2.54. The molecular formula is C18H29N3O3. The second kappa shape index (κ2) is 10.8. The van der Waals surface area contributed by atoms with Crippen LogP contribution in [0.1, 0.15) is 36.2 Å². The minimum Gasteiger partial charge on any atom is -0.379 e. The Balaban J connectivity index is 2.28. The third-order valence-electron chi connectivity index (χ3n) is 3.40. The number of nitrogens with zero attached hydrogens (tertiary/aromatic N) is 1. The predicted molar refractivity (Wildman–Crippen MR) is 94.9 cm³/mol. The van der Waals surface area contributed by atoms with E-state index in [-0.39, 0.29) is 17.9 Å². The summed E-state index contributed by atoms with van der Waals surface area (Å²) in [5, 5.41) is 5.48. The standard InChI is InChI=1S/C18H29N3O3/c1-14(2)24-11-5-10-20-17(22)13-21(4)12-15-6-8-16(9-7-15)18(23)19-3/h6-9,14H,5,10-13H2,1-4H3,(H,19,23)(H,20,22). The average molecular weight is 335 g/mol. The van der Waals surface area contributed by atoms with Crippen LogP contribution in [-0.4, -0.2) is 56.6 Å². The summed E-state index contributed by atoms with van der Waals surface area (Å²) in [4.78, 5) is 25.3. The molecule has 134 valence electrons. The van der Waals surface area contributed by atoms with Gasteiger partial charge in [-0.2, -0.15) is 0 Å². The third-order valence-corrected chi connectivity index (χ3v) is 3.40. The fourth-order valence-corrected chi connectivity index (χ4v) is 2.19. The molecule has 0 saturated carbocycles. The van der Waals surface area contributed by atoms with Gasteiger partial charge in [0.15, 0.2) is 0 Å². The van der Waals surface area contributed by atoms with Gasteiger partial charge in [0.25, 0.3) is 5.91 Å². The van der Waals surface area contributed by atoms with Crippen LogP contribution in [0, 0.1) is 0 Å². The molecule has 0 aromatic heterocycles. The lowest BCUT2D eigenvalue weighted by atomic mass is 10.1. The number of carbonyl (C=O) groups excluding carboxylic acids is 2. The molecule has 2 N–H and O–H groups in total. The zero-order chi connectivity index (χ0) is 17.9. The van der Waals surface area contributed by atoms with Crippen LogP contribution in [0.5, 0.6) is 0 Å². The van der Waals surface area contributed by atoms with Gasteiger partial charge in [0.05, 0.1) is 12.6 Å². The molecule has 0 saturated heterocycles. The molecule has 0 aliphatic heterocycles. The molecular weight excluding hydrogens is 306 g/mol. The first kappa shape index (κ1) is 20.1. The van der Waals surface area contributed by atoms with Crippen LogP contribution in [-0.2, 0) is 16.1 Å². The van der Waals surface area contributed by atoms with Crippen molar-refractivity contribution in [2.24, 2.45) is 0 Å². The van der Waals surface area contributed by atoms with E-state index in [1.165, 1.54) is 0 Å². The highest BCUT2D eigenvalue weighted by atomic mass is 16.5. The fraction of sp³-hybridized carbons (Fsp3) is 0.556. The molecule has 6 heteroatoms. The molecule has 0 radical (unpaired) electrons. The highest BCUT2D eigenvalue weighted by Crippen LogP contribution is 2.06. The number of benzene rings is 1. The van der Waals surface area contributed by atoms with Crippen LogP contribution in [0.4, 0.5) is 0 Å². The number of carbonyl (C=O) groups is 2. The molecule has 1 aromatic carbocycles. The van der Waals surface area contributed by atoms with Crippen molar-refractivity contribution in [2.75, 3.05) is 33.8 Å². The van der Waals surface area contributed by atoms with Crippen molar-refractivity contribution in [3.8, 4) is 0 Å². The molecule has 0 heterocycles. The van der Waals surface area contributed by atoms with Gasteiger partial charge in [0.2, 0.25) is 5.91 Å². The Morgan fingerprint density at radius 2 is 1.88 bits per heavy atom. The van der Waals surface area contributed by atoms with Gasteiger partial charge in [0.1, 0.15) is 0 Å². The van der Waals surface area contributed by atoms with E-state index in [0.717, 1.165) is 12.0 Å². The molecule has 1 rings (SSSR count). The SMILES string of the molecule is CNC(=O)c1ccc(CN(C)CC(=O)NCCCOC(C)C)cc1. The Morgan fingerprint density at radius 1 is 1.21 bits per heavy atom. The van der Waals surface area contributed by atoms with E-state index in [1.807, 2.05) is 37.9 Å². The van der Waals surface area contributed by atoms with Crippen molar-refractivity contribution in [2.45, 2.75) is 32.9 Å². The maximum Gasteiger partial charge on any atom is 0.251 e. The predicted octanol–water partition coefficient (Wildman–Crippen LogP) is 1.41. The van der Waals surface area contributed by atoms with E-state index < -0.39 is 0 Å². The van der Waals surface area contributed by atoms with Crippen LogP contribution >= 0.6 is 0 Å². The first-order chi connectivity index (χ1) is 11.4. The summed E-state index contributed by atoms with van der Waals surface area (Å²) in [7, 11) is 3.51. The van der Waals surface area contributed by atoms with Gasteiger partial charge in [-0.15, -0.1) is 0 Å². The molecule has 0 fully saturated rings. The summed E-state index contributed by atoms with van der Waals surface area (Å²) in [5.74, 6) is -0.0974. The topological polar surface area (TPSA) is 70.7 Å². The van der Waals surface area contributed by atoms with Crippen LogP contribution in [0.25, 0.3) is 0 Å². The lowest BCUT2D eigenvalue weighted by Crippen LogP contribution is -2.35. The van der Waals surface area contributed by atoms with Gasteiger partial charge in [-0.25, -0.2) is 0 Å². The Morgan fingerprint density at radius 3 is 2.46 bits per heavy atom. The number of nitrogens with one attached hydrogen (secondary N) is 2. The van der Waals surface area contributed by atoms with Crippen molar-refractivity contribution in [1.82, 2.24) is 15.5 Å². The summed E-state index contributed by atoms with van der Waals surface area (Å²) >= 11 is 0. The minimum atomic E-state index is -0.101. The quantitative estimate of drug-likeness (QED) is 0.634. The van der Waals surface area contributed by atoms with Crippen molar-refractivity contribution in [1.29, 1.82) is 0 Å². The number of amides is 2. The number of ether oxygens (including phenoxy) is 1. The van der Waals surface area contributed by atoms with Crippen molar-refractivity contribution < 1.29 is 14.3 Å². The van der Waals surface area contributed by atoms with E-state index in [9.17, 15) is 9.59 Å². The molecule has 1 aromatic rings. The van der Waals surface area contributed by atoms with Gasteiger partial charge >= 0.3 is 0 Å². The van der Waals surface area contributed by atoms with Gasteiger partial charge in [0, 0.05) is 32.3 Å². The largest absolute Gasteiger partial charge is 0.379 e. The fourth-order valence-electron chi connectivity index (χ4n) is 2.19. The molecule has 0 aliphatic carbocycles. The van der Waals surface area contributed by atoms with Gasteiger partial charge in [-0.05, 0) is 45.0 Å². The first-order valence-corrected chi connectivity index (χ1v) is 8.30. The van der Waals surface area contributed by atoms with Crippen LogP contribution in [0.15, 0.2) is 24.3 Å². The smallest absolute Gasteiger partial charge is 0.251 e. The normalized spacial score (nSPS) is 10.9. The summed E-state index contributed by atoms with van der Waals surface area (Å²) in [6.45, 7) is 6.26. The molecule has 2 amide bonds. The van der Waals surface area contributed by atoms with Crippen LogP contribution < -0.4 is 10.6 Å². The number of hydrogen-bond acceptors (Lipinski definition) is 4. The molecule has 24 heavy (non-hydrogen) atoms. The van der Waals surface area contributed by atoms with Crippen LogP contribution in [0.2, 0.25) is 0 Å². The maximum absolute atomic E-state index is 11.9. The summed E-state index contributed by atoms with van der Waals surface area (Å²) in [6, 6.07) is 7.39. The zero-order valence-electron chi connectivity index (χ0n) is 15.1. The summed E-state index contributed by atoms with van der Waals surface area (Å²) < 4.78 is 5.43. The molecule has 0 atom stereocenters. The monoisotopic (exact) mass is 335 g/mol. The Kier molecular flexibility index (Phi) is 9.04. The lowest BCUT2D eigenvalue weighted by Gasteiger charge is -2.16. The molecule has 0 aliphatic rings. The van der Waals surface area contributed by atoms with E-state index in [2.05, 4.69) is 10.6 Å². The second-order valence-corrected chi connectivity index (χ2v) is 6.07. The number of likely N-dealkylation sites (N-methyl/N-ethyl adjacent to an activating group) is 1. The second-order valence-electron chi connectivity index (χ2n) is 6.07. The molecule has 6 nitrogen and oxygen atoms in total. The minimum absolute atomic E-state index is 0.00373. The Hall–Kier alpha value is -1.92. The van der Waals surface area contributed by atoms with Crippen molar-refractivity contribution in [3.63, 3.8) is 0 Å². The Labute approximate surface area is 144 Å².